The molecule has 0 aromatic heterocycles. The lowest BCUT2D eigenvalue weighted by molar-refractivity contribution is -0.661. The van der Waals surface area contributed by atoms with Crippen molar-refractivity contribution in [2.45, 2.75) is 31.9 Å². The van der Waals surface area contributed by atoms with Crippen LogP contribution in [0.15, 0.2) is 42.5 Å². The van der Waals surface area contributed by atoms with E-state index in [1.165, 1.54) is 11.4 Å². The maximum Gasteiger partial charge on any atom is 0.271 e. The van der Waals surface area contributed by atoms with Gasteiger partial charge in [-0.1, -0.05) is 12.1 Å². The highest BCUT2D eigenvalue weighted by Crippen LogP contribution is 2.39. The first kappa shape index (κ1) is 16.6. The molecular weight excluding hydrogens is 340 g/mol. The van der Waals surface area contributed by atoms with Crippen molar-refractivity contribution in [2.75, 3.05) is 31.2 Å². The Balaban J connectivity index is 1.59. The maximum atomic E-state index is 11.8. The average Bonchev–Trinajstić information content (AvgIpc) is 3.02. The van der Waals surface area contributed by atoms with Gasteiger partial charge in [-0.3, -0.25) is 0 Å². The number of anilines is 1. The number of fused-ring (bicyclic) bond motifs is 1. The highest BCUT2D eigenvalue weighted by Gasteiger charge is 2.52. The summed E-state index contributed by atoms with van der Waals surface area (Å²) in [6.07, 6.45) is 3.24. The quantitative estimate of drug-likeness (QED) is 0.831. The molecule has 2 aromatic carbocycles. The monoisotopic (exact) mass is 365 g/mol. The third kappa shape index (κ3) is 2.69. The van der Waals surface area contributed by atoms with Crippen LogP contribution in [-0.2, 0) is 5.72 Å². The van der Waals surface area contributed by atoms with Crippen molar-refractivity contribution in [2.24, 2.45) is 0 Å². The van der Waals surface area contributed by atoms with Crippen LogP contribution in [0, 0.1) is 6.92 Å². The minimum absolute atomic E-state index is 0.519. The molecule has 5 rings (SSSR count). The number of benzene rings is 2. The van der Waals surface area contributed by atoms with Gasteiger partial charge < -0.3 is 14.6 Å². The van der Waals surface area contributed by atoms with Crippen LogP contribution in [0.5, 0.6) is 11.5 Å². The van der Waals surface area contributed by atoms with Crippen LogP contribution in [0.25, 0.3) is 0 Å². The summed E-state index contributed by atoms with van der Waals surface area (Å²) in [6.45, 7) is 4.61. The zero-order valence-electron chi connectivity index (χ0n) is 15.6. The number of nitrogens with zero attached hydrogens (tertiary/aromatic N) is 2. The minimum atomic E-state index is -1.06. The summed E-state index contributed by atoms with van der Waals surface area (Å²) in [5, 5.41) is 11.8. The minimum Gasteiger partial charge on any atom is -0.486 e. The van der Waals surface area contributed by atoms with Gasteiger partial charge in [-0.15, -0.1) is 0 Å². The van der Waals surface area contributed by atoms with Crippen LogP contribution in [0.4, 0.5) is 5.69 Å². The summed E-state index contributed by atoms with van der Waals surface area (Å²) in [6, 6.07) is 14.3. The van der Waals surface area contributed by atoms with Crippen LogP contribution in [0.2, 0.25) is 0 Å². The molecule has 0 unspecified atom stereocenters. The second-order valence-corrected chi connectivity index (χ2v) is 7.63. The molecule has 5 nitrogen and oxygen atoms in total. The number of rotatable bonds is 2. The third-order valence-corrected chi connectivity index (χ3v) is 5.80. The van der Waals surface area contributed by atoms with Gasteiger partial charge in [0.2, 0.25) is 0 Å². The number of hydrogen-bond acceptors (Lipinski definition) is 4. The number of β-amino-alcohol motifs (C(OH)–C–C–N with tert-alkyl or cyclic N) is 1. The highest BCUT2D eigenvalue weighted by molar-refractivity contribution is 5.96. The average molecular weight is 365 g/mol. The smallest absolute Gasteiger partial charge is 0.271 e. The van der Waals surface area contributed by atoms with E-state index in [9.17, 15) is 5.11 Å². The standard InChI is InChI=1S/C22H25N2O3/c1-16-5-4-6-18(13-16)23-15-22(25,24-10-3-2-7-21(23)24)17-8-9-19-20(14-17)27-12-11-26-19/h4-6,8-9,13-14,25H,2-3,7,10-12,15H2,1H3/q+1/t22-/m1/s1. The summed E-state index contributed by atoms with van der Waals surface area (Å²) >= 11 is 0. The predicted molar refractivity (Wildman–Crippen MR) is 104 cm³/mol. The molecule has 0 saturated heterocycles. The van der Waals surface area contributed by atoms with Crippen molar-refractivity contribution in [3.8, 4) is 11.5 Å². The SMILES string of the molecule is Cc1cccc(N2C[C@@](O)(c3ccc4c(c3)OCCO4)[N+]3=C2CCCC3)c1. The Morgan fingerprint density at radius 3 is 2.74 bits per heavy atom. The third-order valence-electron chi connectivity index (χ3n) is 5.80. The lowest BCUT2D eigenvalue weighted by atomic mass is 10.0. The highest BCUT2D eigenvalue weighted by atomic mass is 16.6. The molecule has 0 radical (unpaired) electrons. The molecule has 140 valence electrons. The Hall–Kier alpha value is -2.53. The Morgan fingerprint density at radius 1 is 1.04 bits per heavy atom. The first-order valence-corrected chi connectivity index (χ1v) is 9.75. The largest absolute Gasteiger partial charge is 0.486 e. The van der Waals surface area contributed by atoms with Gasteiger partial charge in [-0.05, 0) is 55.7 Å². The fourth-order valence-electron chi connectivity index (χ4n) is 4.47. The van der Waals surface area contributed by atoms with E-state index in [0.29, 0.717) is 19.8 Å². The Bertz CT molecular complexity index is 924. The Morgan fingerprint density at radius 2 is 1.89 bits per heavy atom. The van der Waals surface area contributed by atoms with Gasteiger partial charge in [0.05, 0.1) is 6.54 Å². The lowest BCUT2D eigenvalue weighted by Gasteiger charge is -2.26. The Labute approximate surface area is 159 Å². The van der Waals surface area contributed by atoms with Crippen molar-refractivity contribution >= 4 is 11.5 Å². The van der Waals surface area contributed by atoms with Crippen molar-refractivity contribution in [3.63, 3.8) is 0 Å². The second kappa shape index (κ2) is 6.27. The summed E-state index contributed by atoms with van der Waals surface area (Å²) in [4.78, 5) is 2.28. The normalized spacial score (nSPS) is 24.1. The topological polar surface area (TPSA) is 44.9 Å². The van der Waals surface area contributed by atoms with E-state index in [2.05, 4.69) is 40.7 Å². The molecule has 1 atom stereocenters. The summed E-state index contributed by atoms with van der Waals surface area (Å²) < 4.78 is 13.6. The van der Waals surface area contributed by atoms with E-state index < -0.39 is 5.72 Å². The molecule has 0 fully saturated rings. The van der Waals surface area contributed by atoms with Crippen molar-refractivity contribution < 1.29 is 19.2 Å². The summed E-state index contributed by atoms with van der Waals surface area (Å²) in [5.74, 6) is 2.69. The zero-order valence-corrected chi connectivity index (χ0v) is 15.6. The van der Waals surface area contributed by atoms with Crippen molar-refractivity contribution in [1.82, 2.24) is 0 Å². The van der Waals surface area contributed by atoms with Crippen LogP contribution >= 0.6 is 0 Å². The van der Waals surface area contributed by atoms with Crippen LogP contribution in [0.1, 0.15) is 30.4 Å². The lowest BCUT2D eigenvalue weighted by Crippen LogP contribution is -2.41. The molecule has 27 heavy (non-hydrogen) atoms. The molecule has 3 aliphatic rings. The molecule has 5 heteroatoms. The predicted octanol–water partition coefficient (Wildman–Crippen LogP) is 3.03. The van der Waals surface area contributed by atoms with E-state index in [4.69, 9.17) is 9.47 Å². The van der Waals surface area contributed by atoms with E-state index in [1.807, 2.05) is 18.2 Å². The van der Waals surface area contributed by atoms with Gasteiger partial charge in [-0.2, -0.15) is 0 Å². The van der Waals surface area contributed by atoms with E-state index in [-0.39, 0.29) is 0 Å². The maximum absolute atomic E-state index is 11.8. The molecule has 0 amide bonds. The second-order valence-electron chi connectivity index (χ2n) is 7.63. The number of aliphatic hydroxyl groups is 1. The zero-order chi connectivity index (χ0) is 18.4. The van der Waals surface area contributed by atoms with Crippen molar-refractivity contribution in [3.05, 3.63) is 53.6 Å². The fraction of sp³-hybridized carbons (Fsp3) is 0.409. The molecule has 3 aliphatic heterocycles. The molecular formula is C22H25N2O3+. The summed E-state index contributed by atoms with van der Waals surface area (Å²) in [7, 11) is 0. The number of amidine groups is 1. The summed E-state index contributed by atoms with van der Waals surface area (Å²) in [5.41, 5.74) is 2.17. The molecule has 0 bridgehead atoms. The van der Waals surface area contributed by atoms with Gasteiger partial charge >= 0.3 is 0 Å². The molecule has 3 heterocycles. The molecule has 1 N–H and O–H groups in total. The fourth-order valence-corrected chi connectivity index (χ4v) is 4.47. The molecule has 0 saturated carbocycles. The van der Waals surface area contributed by atoms with Gasteiger partial charge in [-0.25, -0.2) is 9.48 Å². The van der Waals surface area contributed by atoms with E-state index >= 15 is 0 Å². The first-order valence-electron chi connectivity index (χ1n) is 9.75. The molecule has 0 spiro atoms. The van der Waals surface area contributed by atoms with Gasteiger partial charge in [0.25, 0.3) is 11.6 Å². The van der Waals surface area contributed by atoms with Gasteiger partial charge in [0.15, 0.2) is 18.0 Å². The van der Waals surface area contributed by atoms with Crippen molar-refractivity contribution in [1.29, 1.82) is 0 Å². The first-order chi connectivity index (χ1) is 13.1. The number of ether oxygens (including phenoxy) is 2. The van der Waals surface area contributed by atoms with Crippen LogP contribution in [0.3, 0.4) is 0 Å². The van der Waals surface area contributed by atoms with Gasteiger partial charge in [0, 0.05) is 12.0 Å². The number of aryl methyl sites for hydroxylation is 1. The Kier molecular flexibility index (Phi) is 3.86. The van der Waals surface area contributed by atoms with E-state index in [1.54, 1.807) is 0 Å². The molecule has 2 aromatic rings. The van der Waals surface area contributed by atoms with Crippen LogP contribution < -0.4 is 14.4 Å². The van der Waals surface area contributed by atoms with Crippen LogP contribution in [-0.4, -0.2) is 41.8 Å². The van der Waals surface area contributed by atoms with Gasteiger partial charge in [0.1, 0.15) is 18.9 Å². The number of hydrogen-bond donors (Lipinski definition) is 1. The molecule has 0 aliphatic carbocycles. The van der Waals surface area contributed by atoms with E-state index in [0.717, 1.165) is 48.6 Å².